The normalized spacial score (nSPS) is 18.0. The van der Waals surface area contributed by atoms with Crippen molar-refractivity contribution in [3.05, 3.63) is 53.3 Å². The zero-order valence-electron chi connectivity index (χ0n) is 15.9. The van der Waals surface area contributed by atoms with Gasteiger partial charge in [0.05, 0.1) is 6.04 Å². The lowest BCUT2D eigenvalue weighted by Crippen LogP contribution is -2.52. The molecule has 2 aromatic rings. The number of piperazine rings is 1. The number of aromatic nitrogens is 2. The summed E-state index contributed by atoms with van der Waals surface area (Å²) in [5.74, 6) is 0.736. The molecular weight excluding hydrogens is 338 g/mol. The van der Waals surface area contributed by atoms with E-state index >= 15 is 0 Å². The Morgan fingerprint density at radius 3 is 2.48 bits per heavy atom. The van der Waals surface area contributed by atoms with Crippen molar-refractivity contribution < 1.29 is 4.79 Å². The molecule has 0 bridgehead atoms. The fourth-order valence-electron chi connectivity index (χ4n) is 3.95. The number of benzene rings is 1. The van der Waals surface area contributed by atoms with E-state index in [4.69, 9.17) is 0 Å². The fourth-order valence-corrected chi connectivity index (χ4v) is 3.95. The molecule has 1 saturated heterocycles. The molecule has 6 heteroatoms. The molecule has 1 aliphatic heterocycles. The van der Waals surface area contributed by atoms with Gasteiger partial charge in [0, 0.05) is 38.6 Å². The Labute approximate surface area is 160 Å². The van der Waals surface area contributed by atoms with Crippen molar-refractivity contribution in [2.75, 3.05) is 31.1 Å². The van der Waals surface area contributed by atoms with E-state index in [0.717, 1.165) is 25.5 Å². The van der Waals surface area contributed by atoms with Crippen LogP contribution in [0.1, 0.15) is 42.5 Å². The average Bonchev–Trinajstić information content (AvgIpc) is 2.74. The number of urea groups is 1. The van der Waals surface area contributed by atoms with E-state index in [-0.39, 0.29) is 12.1 Å². The Morgan fingerprint density at radius 1 is 1.04 bits per heavy atom. The first-order valence-electron chi connectivity index (χ1n) is 9.90. The quantitative estimate of drug-likeness (QED) is 0.908. The zero-order chi connectivity index (χ0) is 18.6. The first kappa shape index (κ1) is 17.8. The molecule has 0 saturated carbocycles. The lowest BCUT2D eigenvalue weighted by atomic mass is 9.89. The highest BCUT2D eigenvalue weighted by Crippen LogP contribution is 2.25. The molecule has 1 aromatic carbocycles. The van der Waals surface area contributed by atoms with E-state index in [9.17, 15) is 4.79 Å². The lowest BCUT2D eigenvalue weighted by Gasteiger charge is -2.35. The summed E-state index contributed by atoms with van der Waals surface area (Å²) in [4.78, 5) is 25.3. The topological polar surface area (TPSA) is 61.4 Å². The number of carbonyl (C=O) groups excluding carboxylic acids is 1. The average molecular weight is 365 g/mol. The Balaban J connectivity index is 1.33. The van der Waals surface area contributed by atoms with Gasteiger partial charge in [-0.3, -0.25) is 0 Å². The van der Waals surface area contributed by atoms with Crippen LogP contribution in [0, 0.1) is 0 Å². The van der Waals surface area contributed by atoms with Gasteiger partial charge in [0.25, 0.3) is 0 Å². The summed E-state index contributed by atoms with van der Waals surface area (Å²) in [6, 6.07) is 8.53. The first-order valence-corrected chi connectivity index (χ1v) is 9.90. The molecule has 0 radical (unpaired) electrons. The second-order valence-electron chi connectivity index (χ2n) is 7.43. The molecule has 4 rings (SSSR count). The molecule has 6 nitrogen and oxygen atoms in total. The zero-order valence-corrected chi connectivity index (χ0v) is 15.9. The molecule has 1 aromatic heterocycles. The third-order valence-electron chi connectivity index (χ3n) is 5.61. The van der Waals surface area contributed by atoms with Gasteiger partial charge in [-0.15, -0.1) is 0 Å². The number of carbonyl (C=O) groups is 1. The maximum Gasteiger partial charge on any atom is 0.317 e. The standard InChI is InChI=1S/C21H27N5O/c1-16(18-8-7-17-5-2-3-6-19(17)15-18)24-21(27)26-13-11-25(12-14-26)20-22-9-4-10-23-20/h4,7-10,15-16H,2-3,5-6,11-14H2,1H3,(H,24,27)/t16-/m1/s1. The van der Waals surface area contributed by atoms with E-state index in [0.29, 0.717) is 13.1 Å². The summed E-state index contributed by atoms with van der Waals surface area (Å²) >= 11 is 0. The number of amides is 2. The number of aryl methyl sites for hydroxylation is 2. The SMILES string of the molecule is C[C@@H](NC(=O)N1CCN(c2ncccn2)CC1)c1ccc2c(c1)CCCC2. The van der Waals surface area contributed by atoms with Gasteiger partial charge in [0.2, 0.25) is 5.95 Å². The van der Waals surface area contributed by atoms with Crippen LogP contribution >= 0.6 is 0 Å². The van der Waals surface area contributed by atoms with E-state index in [2.05, 4.69) is 45.3 Å². The van der Waals surface area contributed by atoms with Crippen molar-refractivity contribution in [3.8, 4) is 0 Å². The smallest absolute Gasteiger partial charge is 0.317 e. The predicted molar refractivity (Wildman–Crippen MR) is 106 cm³/mol. The van der Waals surface area contributed by atoms with Crippen LogP contribution in [0.3, 0.4) is 0 Å². The molecule has 0 spiro atoms. The number of nitrogens with zero attached hydrogens (tertiary/aromatic N) is 4. The number of nitrogens with one attached hydrogen (secondary N) is 1. The molecule has 142 valence electrons. The van der Waals surface area contributed by atoms with Gasteiger partial charge >= 0.3 is 6.03 Å². The van der Waals surface area contributed by atoms with Crippen molar-refractivity contribution in [2.24, 2.45) is 0 Å². The summed E-state index contributed by atoms with van der Waals surface area (Å²) in [7, 11) is 0. The van der Waals surface area contributed by atoms with Crippen molar-refractivity contribution in [2.45, 2.75) is 38.6 Å². The minimum atomic E-state index is 0.00820. The van der Waals surface area contributed by atoms with Crippen molar-refractivity contribution in [1.82, 2.24) is 20.2 Å². The largest absolute Gasteiger partial charge is 0.337 e. The molecule has 27 heavy (non-hydrogen) atoms. The van der Waals surface area contributed by atoms with Gasteiger partial charge in [-0.25, -0.2) is 14.8 Å². The van der Waals surface area contributed by atoms with E-state index < -0.39 is 0 Å². The second kappa shape index (κ2) is 7.94. The summed E-state index contributed by atoms with van der Waals surface area (Å²) in [6.07, 6.45) is 8.41. The van der Waals surface area contributed by atoms with Crippen LogP contribution in [0.25, 0.3) is 0 Å². The molecule has 1 aliphatic carbocycles. The number of hydrogen-bond donors (Lipinski definition) is 1. The minimum Gasteiger partial charge on any atom is -0.337 e. The highest BCUT2D eigenvalue weighted by molar-refractivity contribution is 5.75. The highest BCUT2D eigenvalue weighted by atomic mass is 16.2. The van der Waals surface area contributed by atoms with Gasteiger partial charge < -0.3 is 15.1 Å². The van der Waals surface area contributed by atoms with Crippen LogP contribution in [-0.4, -0.2) is 47.1 Å². The molecule has 1 N–H and O–H groups in total. The van der Waals surface area contributed by atoms with Crippen LogP contribution in [0.15, 0.2) is 36.7 Å². The van der Waals surface area contributed by atoms with Gasteiger partial charge in [-0.05, 0) is 55.4 Å². The van der Waals surface area contributed by atoms with Crippen LogP contribution in [0.4, 0.5) is 10.7 Å². The second-order valence-corrected chi connectivity index (χ2v) is 7.43. The maximum absolute atomic E-state index is 12.7. The molecule has 2 amide bonds. The third-order valence-corrected chi connectivity index (χ3v) is 5.61. The monoisotopic (exact) mass is 365 g/mol. The van der Waals surface area contributed by atoms with Crippen LogP contribution in [0.5, 0.6) is 0 Å². The molecule has 1 fully saturated rings. The van der Waals surface area contributed by atoms with Gasteiger partial charge in [0.15, 0.2) is 0 Å². The van der Waals surface area contributed by atoms with Crippen molar-refractivity contribution in [3.63, 3.8) is 0 Å². The Bertz CT molecular complexity index is 786. The number of fused-ring (bicyclic) bond motifs is 1. The minimum absolute atomic E-state index is 0.00820. The summed E-state index contributed by atoms with van der Waals surface area (Å²) in [5.41, 5.74) is 4.12. The molecule has 2 aliphatic rings. The highest BCUT2D eigenvalue weighted by Gasteiger charge is 2.23. The van der Waals surface area contributed by atoms with E-state index in [1.54, 1.807) is 12.4 Å². The number of anilines is 1. The maximum atomic E-state index is 12.7. The van der Waals surface area contributed by atoms with Crippen LogP contribution < -0.4 is 10.2 Å². The predicted octanol–water partition coefficient (Wildman–Crippen LogP) is 2.95. The molecular formula is C21H27N5O. The van der Waals surface area contributed by atoms with Gasteiger partial charge in [0.1, 0.15) is 0 Å². The molecule has 1 atom stereocenters. The molecule has 2 heterocycles. The van der Waals surface area contributed by atoms with Crippen molar-refractivity contribution >= 4 is 12.0 Å². The van der Waals surface area contributed by atoms with Crippen LogP contribution in [0.2, 0.25) is 0 Å². The van der Waals surface area contributed by atoms with Crippen molar-refractivity contribution in [1.29, 1.82) is 0 Å². The lowest BCUT2D eigenvalue weighted by molar-refractivity contribution is 0.191. The van der Waals surface area contributed by atoms with E-state index in [1.165, 1.54) is 36.0 Å². The Kier molecular flexibility index (Phi) is 5.23. The molecule has 0 unspecified atom stereocenters. The number of hydrogen-bond acceptors (Lipinski definition) is 4. The summed E-state index contributed by atoms with van der Waals surface area (Å²) in [5, 5.41) is 3.16. The fraction of sp³-hybridized carbons (Fsp3) is 0.476. The van der Waals surface area contributed by atoms with Gasteiger partial charge in [-0.2, -0.15) is 0 Å². The third kappa shape index (κ3) is 4.04. The first-order chi connectivity index (χ1) is 13.2. The number of rotatable bonds is 3. The summed E-state index contributed by atoms with van der Waals surface area (Å²) < 4.78 is 0. The summed E-state index contributed by atoms with van der Waals surface area (Å²) in [6.45, 7) is 4.94. The van der Waals surface area contributed by atoms with Gasteiger partial charge in [-0.1, -0.05) is 18.2 Å². The Morgan fingerprint density at radius 2 is 1.74 bits per heavy atom. The Hall–Kier alpha value is -2.63. The van der Waals surface area contributed by atoms with E-state index in [1.807, 2.05) is 11.0 Å². The van der Waals surface area contributed by atoms with Crippen LogP contribution in [-0.2, 0) is 12.8 Å².